The molecule has 22 heavy (non-hydrogen) atoms. The Bertz CT molecular complexity index is 439. The SMILES string of the molecule is C=CC(=O)OC(C)(C)C12CCCCC1CC1CCCCC1C2. The molecule has 0 aliphatic heterocycles. The van der Waals surface area contributed by atoms with Crippen LogP contribution in [0.5, 0.6) is 0 Å². The number of hydrogen-bond acceptors (Lipinski definition) is 2. The molecule has 0 saturated heterocycles. The molecular weight excluding hydrogens is 272 g/mol. The van der Waals surface area contributed by atoms with Gasteiger partial charge in [-0.1, -0.05) is 45.1 Å². The molecule has 3 aliphatic rings. The first-order valence-corrected chi connectivity index (χ1v) is 9.34. The van der Waals surface area contributed by atoms with Crippen LogP contribution < -0.4 is 0 Å². The molecule has 3 saturated carbocycles. The number of ether oxygens (including phenoxy) is 1. The highest BCUT2D eigenvalue weighted by Gasteiger charge is 2.57. The van der Waals surface area contributed by atoms with Crippen molar-refractivity contribution in [2.75, 3.05) is 0 Å². The Morgan fingerprint density at radius 2 is 1.82 bits per heavy atom. The number of fused-ring (bicyclic) bond motifs is 2. The molecule has 0 spiro atoms. The molecule has 3 rings (SSSR count). The third-order valence-electron chi connectivity index (χ3n) is 7.21. The van der Waals surface area contributed by atoms with Gasteiger partial charge in [-0.2, -0.15) is 0 Å². The Hall–Kier alpha value is -0.790. The first-order valence-electron chi connectivity index (χ1n) is 9.34. The fourth-order valence-corrected chi connectivity index (χ4v) is 6.05. The second kappa shape index (κ2) is 6.02. The van der Waals surface area contributed by atoms with Gasteiger partial charge in [0.15, 0.2) is 0 Å². The molecule has 4 atom stereocenters. The van der Waals surface area contributed by atoms with Crippen molar-refractivity contribution in [3.05, 3.63) is 12.7 Å². The third kappa shape index (κ3) is 2.63. The van der Waals surface area contributed by atoms with Crippen molar-refractivity contribution in [1.29, 1.82) is 0 Å². The van der Waals surface area contributed by atoms with Crippen LogP contribution in [0.1, 0.15) is 78.1 Å². The fourth-order valence-electron chi connectivity index (χ4n) is 6.05. The van der Waals surface area contributed by atoms with E-state index >= 15 is 0 Å². The van der Waals surface area contributed by atoms with Crippen LogP contribution in [0.4, 0.5) is 0 Å². The molecule has 0 amide bonds. The molecule has 0 aromatic carbocycles. The first-order chi connectivity index (χ1) is 10.5. The maximum Gasteiger partial charge on any atom is 0.330 e. The normalized spacial score (nSPS) is 38.5. The van der Waals surface area contributed by atoms with Gasteiger partial charge in [0.2, 0.25) is 0 Å². The summed E-state index contributed by atoms with van der Waals surface area (Å²) in [4.78, 5) is 11.9. The van der Waals surface area contributed by atoms with Gasteiger partial charge in [0, 0.05) is 11.5 Å². The lowest BCUT2D eigenvalue weighted by atomic mass is 9.48. The number of carbonyl (C=O) groups excluding carboxylic acids is 1. The Kier molecular flexibility index (Phi) is 4.40. The van der Waals surface area contributed by atoms with Crippen molar-refractivity contribution in [1.82, 2.24) is 0 Å². The van der Waals surface area contributed by atoms with Gasteiger partial charge in [0.05, 0.1) is 0 Å². The van der Waals surface area contributed by atoms with Gasteiger partial charge in [0.1, 0.15) is 5.60 Å². The largest absolute Gasteiger partial charge is 0.456 e. The van der Waals surface area contributed by atoms with Crippen LogP contribution in [0.2, 0.25) is 0 Å². The lowest BCUT2D eigenvalue weighted by Gasteiger charge is -2.59. The van der Waals surface area contributed by atoms with E-state index in [4.69, 9.17) is 4.74 Å². The average Bonchev–Trinajstić information content (AvgIpc) is 2.52. The highest BCUT2D eigenvalue weighted by atomic mass is 16.6. The minimum atomic E-state index is -0.369. The van der Waals surface area contributed by atoms with Crippen LogP contribution in [0.25, 0.3) is 0 Å². The number of hydrogen-bond donors (Lipinski definition) is 0. The highest BCUT2D eigenvalue weighted by Crippen LogP contribution is 2.61. The summed E-state index contributed by atoms with van der Waals surface area (Å²) in [6.45, 7) is 7.91. The zero-order chi connectivity index (χ0) is 15.8. The molecule has 0 aromatic heterocycles. The summed E-state index contributed by atoms with van der Waals surface area (Å²) in [6.07, 6.45) is 14.8. The van der Waals surface area contributed by atoms with Crippen molar-refractivity contribution in [2.45, 2.75) is 83.7 Å². The van der Waals surface area contributed by atoms with Crippen LogP contribution in [-0.4, -0.2) is 11.6 Å². The van der Waals surface area contributed by atoms with E-state index in [9.17, 15) is 4.79 Å². The molecule has 0 bridgehead atoms. The zero-order valence-corrected chi connectivity index (χ0v) is 14.4. The van der Waals surface area contributed by atoms with E-state index in [0.717, 1.165) is 17.8 Å². The van der Waals surface area contributed by atoms with E-state index in [1.165, 1.54) is 70.3 Å². The van der Waals surface area contributed by atoms with E-state index in [-0.39, 0.29) is 17.0 Å². The molecule has 4 unspecified atom stereocenters. The minimum Gasteiger partial charge on any atom is -0.456 e. The molecule has 0 heterocycles. The standard InChI is InChI=1S/C20H32O2/c1-4-18(21)22-19(2,3)20-12-8-7-11-17(20)13-15-9-5-6-10-16(15)14-20/h4,15-17H,1,5-14H2,2-3H3. The lowest BCUT2D eigenvalue weighted by molar-refractivity contribution is -0.192. The van der Waals surface area contributed by atoms with Gasteiger partial charge in [-0.05, 0) is 57.3 Å². The van der Waals surface area contributed by atoms with Gasteiger partial charge in [-0.3, -0.25) is 0 Å². The monoisotopic (exact) mass is 304 g/mol. The van der Waals surface area contributed by atoms with Gasteiger partial charge in [0.25, 0.3) is 0 Å². The van der Waals surface area contributed by atoms with E-state index < -0.39 is 0 Å². The van der Waals surface area contributed by atoms with Gasteiger partial charge in [-0.25, -0.2) is 4.79 Å². The Labute approximate surface area is 135 Å². The Balaban J connectivity index is 1.88. The topological polar surface area (TPSA) is 26.3 Å². The summed E-state index contributed by atoms with van der Waals surface area (Å²) in [5.41, 5.74) is -0.172. The summed E-state index contributed by atoms with van der Waals surface area (Å²) in [5, 5.41) is 0. The summed E-state index contributed by atoms with van der Waals surface area (Å²) in [7, 11) is 0. The summed E-state index contributed by atoms with van der Waals surface area (Å²) < 4.78 is 5.91. The van der Waals surface area contributed by atoms with Crippen LogP contribution in [0.3, 0.4) is 0 Å². The smallest absolute Gasteiger partial charge is 0.330 e. The third-order valence-corrected chi connectivity index (χ3v) is 7.21. The summed E-state index contributed by atoms with van der Waals surface area (Å²) in [5.74, 6) is 2.29. The fraction of sp³-hybridized carbons (Fsp3) is 0.850. The Morgan fingerprint density at radius 1 is 1.14 bits per heavy atom. The molecule has 0 aromatic rings. The van der Waals surface area contributed by atoms with Crippen molar-refractivity contribution in [2.24, 2.45) is 23.2 Å². The van der Waals surface area contributed by atoms with Crippen molar-refractivity contribution in [3.8, 4) is 0 Å². The molecule has 2 heteroatoms. The molecule has 124 valence electrons. The Morgan fingerprint density at radius 3 is 2.55 bits per heavy atom. The molecular formula is C20H32O2. The number of rotatable bonds is 3. The van der Waals surface area contributed by atoms with Crippen LogP contribution in [0, 0.1) is 23.2 Å². The predicted octanol–water partition coefficient (Wildman–Crippen LogP) is 5.27. The quantitative estimate of drug-likeness (QED) is 0.524. The van der Waals surface area contributed by atoms with Gasteiger partial charge < -0.3 is 4.74 Å². The van der Waals surface area contributed by atoms with E-state index in [1.807, 2.05) is 0 Å². The van der Waals surface area contributed by atoms with Crippen molar-refractivity contribution >= 4 is 5.97 Å². The lowest BCUT2D eigenvalue weighted by Crippen LogP contribution is -2.57. The maximum atomic E-state index is 11.9. The van der Waals surface area contributed by atoms with Gasteiger partial charge in [-0.15, -0.1) is 0 Å². The maximum absolute atomic E-state index is 11.9. The van der Waals surface area contributed by atoms with Gasteiger partial charge >= 0.3 is 5.97 Å². The van der Waals surface area contributed by atoms with E-state index in [2.05, 4.69) is 20.4 Å². The summed E-state index contributed by atoms with van der Waals surface area (Å²) in [6, 6.07) is 0. The average molecular weight is 304 g/mol. The molecule has 0 radical (unpaired) electrons. The summed E-state index contributed by atoms with van der Waals surface area (Å²) >= 11 is 0. The second-order valence-electron chi connectivity index (χ2n) is 8.48. The van der Waals surface area contributed by atoms with Crippen LogP contribution >= 0.6 is 0 Å². The van der Waals surface area contributed by atoms with Crippen LogP contribution in [-0.2, 0) is 9.53 Å². The van der Waals surface area contributed by atoms with E-state index in [1.54, 1.807) is 0 Å². The van der Waals surface area contributed by atoms with E-state index in [0.29, 0.717) is 0 Å². The second-order valence-corrected chi connectivity index (χ2v) is 8.48. The molecule has 2 nitrogen and oxygen atoms in total. The first kappa shape index (κ1) is 16.1. The zero-order valence-electron chi connectivity index (χ0n) is 14.4. The molecule has 3 aliphatic carbocycles. The van der Waals surface area contributed by atoms with Crippen molar-refractivity contribution in [3.63, 3.8) is 0 Å². The molecule has 3 fully saturated rings. The minimum absolute atomic E-state index is 0.197. The predicted molar refractivity (Wildman–Crippen MR) is 89.4 cm³/mol. The highest BCUT2D eigenvalue weighted by molar-refractivity contribution is 5.81. The van der Waals surface area contributed by atoms with Crippen molar-refractivity contribution < 1.29 is 9.53 Å². The number of carbonyl (C=O) groups is 1. The number of esters is 1. The molecule has 0 N–H and O–H groups in total. The van der Waals surface area contributed by atoms with Crippen LogP contribution in [0.15, 0.2) is 12.7 Å².